The summed E-state index contributed by atoms with van der Waals surface area (Å²) in [7, 11) is 1.71. The number of ether oxygens (including phenoxy) is 1. The fourth-order valence-electron chi connectivity index (χ4n) is 2.64. The van der Waals surface area contributed by atoms with Gasteiger partial charge >= 0.3 is 6.03 Å². The number of pyridine rings is 1. The van der Waals surface area contributed by atoms with Crippen molar-refractivity contribution in [2.45, 2.75) is 33.0 Å². The van der Waals surface area contributed by atoms with Crippen LogP contribution >= 0.6 is 0 Å². The van der Waals surface area contributed by atoms with E-state index in [2.05, 4.69) is 20.5 Å². The van der Waals surface area contributed by atoms with Crippen LogP contribution in [0.15, 0.2) is 55.0 Å². The minimum Gasteiger partial charge on any atom is -0.485 e. The van der Waals surface area contributed by atoms with Crippen LogP contribution in [0.4, 0.5) is 10.5 Å². The van der Waals surface area contributed by atoms with Crippen molar-refractivity contribution in [3.8, 4) is 5.75 Å². The van der Waals surface area contributed by atoms with Gasteiger partial charge in [-0.15, -0.1) is 10.2 Å². The van der Waals surface area contributed by atoms with Crippen LogP contribution in [0, 0.1) is 0 Å². The molecule has 1 aromatic carbocycles. The summed E-state index contributed by atoms with van der Waals surface area (Å²) in [6.45, 7) is 4.76. The van der Waals surface area contributed by atoms with Gasteiger partial charge < -0.3 is 19.5 Å². The van der Waals surface area contributed by atoms with Crippen molar-refractivity contribution in [2.24, 2.45) is 0 Å². The lowest BCUT2D eigenvalue weighted by Crippen LogP contribution is -2.32. The van der Waals surface area contributed by atoms with Gasteiger partial charge in [-0.2, -0.15) is 0 Å². The van der Waals surface area contributed by atoms with Crippen LogP contribution in [0.5, 0.6) is 5.75 Å². The van der Waals surface area contributed by atoms with Gasteiger partial charge in [-0.05, 0) is 38.1 Å². The number of hydrogen-bond acceptors (Lipinski definition) is 5. The number of benzene rings is 1. The Morgan fingerprint density at radius 1 is 1.21 bits per heavy atom. The van der Waals surface area contributed by atoms with Crippen LogP contribution in [0.1, 0.15) is 31.4 Å². The SMILES string of the molecule is CC(C)n1cnnc1CN(C)C(=O)Nc1ccccc1OCc1ccccn1. The Bertz CT molecular complexity index is 910. The molecule has 0 aliphatic heterocycles. The van der Waals surface area contributed by atoms with Gasteiger partial charge in [-0.3, -0.25) is 4.98 Å². The Hall–Kier alpha value is -3.42. The number of aromatic nitrogens is 4. The molecular weight excluding hydrogens is 356 g/mol. The van der Waals surface area contributed by atoms with Crippen LogP contribution in [0.2, 0.25) is 0 Å². The average molecular weight is 380 g/mol. The number of rotatable bonds is 7. The van der Waals surface area contributed by atoms with E-state index in [0.717, 1.165) is 11.5 Å². The van der Waals surface area contributed by atoms with Crippen LogP contribution in [0.3, 0.4) is 0 Å². The first-order chi connectivity index (χ1) is 13.5. The normalized spacial score (nSPS) is 10.7. The molecule has 3 rings (SSSR count). The Morgan fingerprint density at radius 3 is 2.75 bits per heavy atom. The molecule has 1 N–H and O–H groups in total. The summed E-state index contributed by atoms with van der Waals surface area (Å²) < 4.78 is 7.78. The molecule has 8 heteroatoms. The van der Waals surface area contributed by atoms with Crippen molar-refractivity contribution in [1.82, 2.24) is 24.6 Å². The van der Waals surface area contributed by atoms with E-state index in [-0.39, 0.29) is 12.1 Å². The fourth-order valence-corrected chi connectivity index (χ4v) is 2.64. The third-order valence-corrected chi connectivity index (χ3v) is 4.16. The molecule has 0 saturated carbocycles. The van der Waals surface area contributed by atoms with E-state index < -0.39 is 0 Å². The van der Waals surface area contributed by atoms with Crippen LogP contribution in [0.25, 0.3) is 0 Å². The maximum atomic E-state index is 12.6. The molecule has 3 aromatic rings. The molecule has 0 aliphatic carbocycles. The number of para-hydroxylation sites is 2. The largest absolute Gasteiger partial charge is 0.485 e. The Morgan fingerprint density at radius 2 is 2.00 bits per heavy atom. The van der Waals surface area contributed by atoms with Gasteiger partial charge in [-0.1, -0.05) is 18.2 Å². The van der Waals surface area contributed by atoms with Crippen molar-refractivity contribution >= 4 is 11.7 Å². The minimum absolute atomic E-state index is 0.224. The number of anilines is 1. The maximum absolute atomic E-state index is 12.6. The van der Waals surface area contributed by atoms with Gasteiger partial charge in [0.2, 0.25) is 0 Å². The van der Waals surface area contributed by atoms with Gasteiger partial charge in [0.25, 0.3) is 0 Å². The number of nitrogens with zero attached hydrogens (tertiary/aromatic N) is 5. The van der Waals surface area contributed by atoms with Crippen molar-refractivity contribution in [2.75, 3.05) is 12.4 Å². The Labute approximate surface area is 164 Å². The number of hydrogen-bond donors (Lipinski definition) is 1. The standard InChI is InChI=1S/C20H24N6O2/c1-15(2)26-14-22-24-19(26)12-25(3)20(27)23-17-9-4-5-10-18(17)28-13-16-8-6-7-11-21-16/h4-11,14-15H,12-13H2,1-3H3,(H,23,27). The molecule has 0 unspecified atom stereocenters. The third kappa shape index (κ3) is 4.85. The highest BCUT2D eigenvalue weighted by molar-refractivity contribution is 5.90. The third-order valence-electron chi connectivity index (χ3n) is 4.16. The summed E-state index contributed by atoms with van der Waals surface area (Å²) in [5.74, 6) is 1.31. The summed E-state index contributed by atoms with van der Waals surface area (Å²) in [4.78, 5) is 18.4. The van der Waals surface area contributed by atoms with Gasteiger partial charge in [0, 0.05) is 19.3 Å². The van der Waals surface area contributed by atoms with Crippen molar-refractivity contribution in [3.63, 3.8) is 0 Å². The zero-order valence-corrected chi connectivity index (χ0v) is 16.2. The number of urea groups is 1. The predicted octanol–water partition coefficient (Wildman–Crippen LogP) is 3.50. The van der Waals surface area contributed by atoms with Crippen molar-refractivity contribution in [1.29, 1.82) is 0 Å². The maximum Gasteiger partial charge on any atom is 0.322 e. The second-order valence-electron chi connectivity index (χ2n) is 6.64. The second kappa shape index (κ2) is 8.98. The molecule has 0 fully saturated rings. The predicted molar refractivity (Wildman–Crippen MR) is 106 cm³/mol. The zero-order valence-electron chi connectivity index (χ0n) is 16.2. The van der Waals surface area contributed by atoms with E-state index in [1.807, 2.05) is 54.8 Å². The zero-order chi connectivity index (χ0) is 19.9. The fraction of sp³-hybridized carbons (Fsp3) is 0.300. The highest BCUT2D eigenvalue weighted by Crippen LogP contribution is 2.25. The van der Waals surface area contributed by atoms with E-state index in [0.29, 0.717) is 24.6 Å². The van der Waals surface area contributed by atoms with Gasteiger partial charge in [-0.25, -0.2) is 4.79 Å². The highest BCUT2D eigenvalue weighted by atomic mass is 16.5. The Kier molecular flexibility index (Phi) is 6.21. The monoisotopic (exact) mass is 380 g/mol. The van der Waals surface area contributed by atoms with Gasteiger partial charge in [0.1, 0.15) is 18.7 Å². The van der Waals surface area contributed by atoms with Crippen LogP contribution < -0.4 is 10.1 Å². The number of nitrogens with one attached hydrogen (secondary N) is 1. The molecule has 2 aromatic heterocycles. The molecule has 2 heterocycles. The second-order valence-corrected chi connectivity index (χ2v) is 6.64. The molecular formula is C20H24N6O2. The first-order valence-corrected chi connectivity index (χ1v) is 9.07. The van der Waals surface area contributed by atoms with E-state index in [4.69, 9.17) is 4.74 Å². The highest BCUT2D eigenvalue weighted by Gasteiger charge is 2.16. The van der Waals surface area contributed by atoms with Gasteiger partial charge in [0.15, 0.2) is 5.82 Å². The molecule has 0 spiro atoms. The Balaban J connectivity index is 1.64. The molecule has 2 amide bonds. The summed E-state index contributed by atoms with van der Waals surface area (Å²) in [6.07, 6.45) is 3.39. The first kappa shape index (κ1) is 19.3. The molecule has 0 aliphatic rings. The first-order valence-electron chi connectivity index (χ1n) is 9.07. The van der Waals surface area contributed by atoms with E-state index >= 15 is 0 Å². The molecule has 8 nitrogen and oxygen atoms in total. The smallest absolute Gasteiger partial charge is 0.322 e. The molecule has 0 radical (unpaired) electrons. The number of carbonyl (C=O) groups excluding carboxylic acids is 1. The lowest BCUT2D eigenvalue weighted by molar-refractivity contribution is 0.218. The van der Waals surface area contributed by atoms with Crippen molar-refractivity contribution < 1.29 is 9.53 Å². The topological polar surface area (TPSA) is 85.2 Å². The summed E-state index contributed by atoms with van der Waals surface area (Å²) in [5, 5.41) is 10.9. The van der Waals surface area contributed by atoms with E-state index in [9.17, 15) is 4.79 Å². The minimum atomic E-state index is -0.257. The lowest BCUT2D eigenvalue weighted by Gasteiger charge is -2.20. The van der Waals surface area contributed by atoms with Gasteiger partial charge in [0.05, 0.1) is 17.9 Å². The summed E-state index contributed by atoms with van der Waals surface area (Å²) in [6, 6.07) is 12.9. The number of carbonyl (C=O) groups is 1. The van der Waals surface area contributed by atoms with Crippen molar-refractivity contribution in [3.05, 3.63) is 66.5 Å². The van der Waals surface area contributed by atoms with Crippen LogP contribution in [-0.2, 0) is 13.2 Å². The molecule has 28 heavy (non-hydrogen) atoms. The molecule has 146 valence electrons. The van der Waals surface area contributed by atoms with E-state index in [1.165, 1.54) is 0 Å². The average Bonchev–Trinajstić information content (AvgIpc) is 3.16. The summed E-state index contributed by atoms with van der Waals surface area (Å²) >= 11 is 0. The van der Waals surface area contributed by atoms with Crippen LogP contribution in [-0.4, -0.2) is 37.7 Å². The number of amides is 2. The molecule has 0 atom stereocenters. The quantitative estimate of drug-likeness (QED) is 0.678. The molecule has 0 bridgehead atoms. The molecule has 0 saturated heterocycles. The lowest BCUT2D eigenvalue weighted by atomic mass is 10.3. The summed E-state index contributed by atoms with van der Waals surface area (Å²) in [5.41, 5.74) is 1.41. The van der Waals surface area contributed by atoms with E-state index in [1.54, 1.807) is 30.5 Å².